The number of carbonyl (C=O) groups excluding carboxylic acids is 1. The van der Waals surface area contributed by atoms with E-state index in [0.29, 0.717) is 6.08 Å². The lowest BCUT2D eigenvalue weighted by Crippen LogP contribution is -2.08. The van der Waals surface area contributed by atoms with Gasteiger partial charge in [-0.25, -0.2) is 17.6 Å². The largest absolute Gasteiger partial charge is 0.744 e. The van der Waals surface area contributed by atoms with Crippen LogP contribution in [0.3, 0.4) is 0 Å². The maximum atomic E-state index is 13.3. The molecule has 19 heavy (non-hydrogen) atoms. The number of rotatable bonds is 4. The van der Waals surface area contributed by atoms with Crippen molar-refractivity contribution in [3.8, 4) is 5.75 Å². The fraction of sp³-hybridized carbons (Fsp3) is 0. The Labute approximate surface area is 106 Å². The van der Waals surface area contributed by atoms with E-state index in [1.807, 2.05) is 0 Å². The van der Waals surface area contributed by atoms with Crippen LogP contribution in [0.2, 0.25) is 0 Å². The van der Waals surface area contributed by atoms with Crippen molar-refractivity contribution in [3.05, 3.63) is 40.7 Å². The molecule has 0 heterocycles. The van der Waals surface area contributed by atoms with Crippen LogP contribution in [0.4, 0.5) is 10.1 Å². The lowest BCUT2D eigenvalue weighted by atomic mass is 10.3. The molecule has 0 radical (unpaired) electrons. The minimum absolute atomic E-state index is 0.184. The van der Waals surface area contributed by atoms with Crippen LogP contribution in [0.5, 0.6) is 5.75 Å². The number of nitrogens with zero attached hydrogens (tertiary/aromatic N) is 1. The number of hydrogen-bond acceptors (Lipinski definition) is 7. The topological polar surface area (TPSA) is 127 Å². The first-order chi connectivity index (χ1) is 8.66. The molecule has 1 aromatic rings. The average molecular weight is 290 g/mol. The Hall–Kier alpha value is -2.33. The highest BCUT2D eigenvalue weighted by Gasteiger charge is 2.23. The Kier molecular flexibility index (Phi) is 3.97. The Morgan fingerprint density at radius 3 is 2.47 bits per heavy atom. The molecule has 0 amide bonds. The number of nitro benzene ring substituents is 1. The third kappa shape index (κ3) is 3.33. The van der Waals surface area contributed by atoms with Gasteiger partial charge in [-0.3, -0.25) is 10.1 Å². The van der Waals surface area contributed by atoms with E-state index in [0.717, 1.165) is 0 Å². The van der Waals surface area contributed by atoms with Gasteiger partial charge in [0, 0.05) is 18.2 Å². The summed E-state index contributed by atoms with van der Waals surface area (Å²) in [6.45, 7) is 3.03. The minimum atomic E-state index is -5.23. The molecule has 0 aliphatic carbocycles. The highest BCUT2D eigenvalue weighted by atomic mass is 32.2. The lowest BCUT2D eigenvalue weighted by molar-refractivity contribution is -0.385. The van der Waals surface area contributed by atoms with Gasteiger partial charge in [-0.15, -0.1) is 0 Å². The Morgan fingerprint density at radius 1 is 1.47 bits per heavy atom. The van der Waals surface area contributed by atoms with Crippen LogP contribution in [0.25, 0.3) is 0 Å². The van der Waals surface area contributed by atoms with Crippen LogP contribution in [0.15, 0.2) is 29.7 Å². The van der Waals surface area contributed by atoms with Crippen molar-refractivity contribution in [1.29, 1.82) is 0 Å². The van der Waals surface area contributed by atoms with Crippen molar-refractivity contribution < 1.29 is 31.8 Å². The molecular weight excluding hydrogens is 285 g/mol. The van der Waals surface area contributed by atoms with E-state index >= 15 is 0 Å². The molecule has 0 aromatic heterocycles. The minimum Gasteiger partial charge on any atom is -0.744 e. The number of halogens is 1. The molecule has 0 fully saturated rings. The number of nitro groups is 1. The van der Waals surface area contributed by atoms with Crippen LogP contribution in [-0.2, 0) is 14.9 Å². The van der Waals surface area contributed by atoms with Gasteiger partial charge >= 0.3 is 11.7 Å². The zero-order valence-electron chi connectivity index (χ0n) is 9.03. The molecule has 10 heteroatoms. The normalized spacial score (nSPS) is 10.8. The molecular formula is C9H5FNO7S-. The summed E-state index contributed by atoms with van der Waals surface area (Å²) in [7, 11) is -5.23. The molecule has 1 rings (SSSR count). The first kappa shape index (κ1) is 14.7. The van der Waals surface area contributed by atoms with Crippen molar-refractivity contribution in [2.24, 2.45) is 0 Å². The molecule has 0 aliphatic rings. The zero-order valence-corrected chi connectivity index (χ0v) is 9.85. The van der Waals surface area contributed by atoms with Crippen LogP contribution >= 0.6 is 0 Å². The molecule has 0 bridgehead atoms. The maximum Gasteiger partial charge on any atom is 0.335 e. The van der Waals surface area contributed by atoms with Crippen molar-refractivity contribution in [2.45, 2.75) is 4.90 Å². The summed E-state index contributed by atoms with van der Waals surface area (Å²) in [5.41, 5.74) is -1.04. The number of ether oxygens (including phenoxy) is 1. The second kappa shape index (κ2) is 5.12. The van der Waals surface area contributed by atoms with Gasteiger partial charge in [-0.2, -0.15) is 0 Å². The van der Waals surface area contributed by atoms with Crippen molar-refractivity contribution in [2.75, 3.05) is 0 Å². The van der Waals surface area contributed by atoms with Crippen molar-refractivity contribution in [3.63, 3.8) is 0 Å². The van der Waals surface area contributed by atoms with E-state index in [-0.39, 0.29) is 12.1 Å². The molecule has 0 unspecified atom stereocenters. The van der Waals surface area contributed by atoms with E-state index in [9.17, 15) is 32.3 Å². The summed E-state index contributed by atoms with van der Waals surface area (Å²) >= 11 is 0. The molecule has 8 nitrogen and oxygen atoms in total. The molecule has 0 saturated heterocycles. The van der Waals surface area contributed by atoms with Crippen molar-refractivity contribution >= 4 is 21.8 Å². The third-order valence-electron chi connectivity index (χ3n) is 1.86. The summed E-state index contributed by atoms with van der Waals surface area (Å²) < 4.78 is 49.7. The molecule has 0 atom stereocenters. The maximum absolute atomic E-state index is 13.3. The molecule has 0 saturated carbocycles. The van der Waals surface area contributed by atoms with Gasteiger partial charge in [0.2, 0.25) is 5.75 Å². The third-order valence-corrected chi connectivity index (χ3v) is 2.71. The smallest absolute Gasteiger partial charge is 0.335 e. The van der Waals surface area contributed by atoms with E-state index < -0.39 is 43.2 Å². The molecule has 102 valence electrons. The SMILES string of the molecule is C=CC(=O)Oc1cc(F)c(S(=O)(=O)[O-])cc1[N+](=O)[O-]. The fourth-order valence-corrected chi connectivity index (χ4v) is 1.64. The Balaban J connectivity index is 3.50. The van der Waals surface area contributed by atoms with Crippen LogP contribution in [-0.4, -0.2) is 23.9 Å². The summed E-state index contributed by atoms with van der Waals surface area (Å²) in [5.74, 6) is -3.51. The van der Waals surface area contributed by atoms with E-state index in [4.69, 9.17) is 0 Å². The lowest BCUT2D eigenvalue weighted by Gasteiger charge is -2.10. The van der Waals surface area contributed by atoms with Gasteiger partial charge in [0.25, 0.3) is 0 Å². The zero-order chi connectivity index (χ0) is 14.8. The number of esters is 1. The monoisotopic (exact) mass is 290 g/mol. The molecule has 0 aliphatic heterocycles. The second-order valence-electron chi connectivity index (χ2n) is 3.09. The van der Waals surface area contributed by atoms with Crippen LogP contribution in [0.1, 0.15) is 0 Å². The first-order valence-electron chi connectivity index (χ1n) is 4.45. The first-order valence-corrected chi connectivity index (χ1v) is 5.85. The standard InChI is InChI=1S/C9H6FNO7S/c1-2-9(12)18-7-3-5(10)8(19(15,16)17)4-6(7)11(13)14/h2-4H,1H2,(H,15,16,17)/p-1. The van der Waals surface area contributed by atoms with E-state index in [2.05, 4.69) is 11.3 Å². The summed E-state index contributed by atoms with van der Waals surface area (Å²) in [5, 5.41) is 10.7. The van der Waals surface area contributed by atoms with Gasteiger partial charge < -0.3 is 9.29 Å². The Bertz CT molecular complexity index is 667. The fourth-order valence-electron chi connectivity index (χ4n) is 1.09. The highest BCUT2D eigenvalue weighted by molar-refractivity contribution is 7.85. The number of carbonyl (C=O) groups is 1. The van der Waals surface area contributed by atoms with Crippen molar-refractivity contribution in [1.82, 2.24) is 0 Å². The van der Waals surface area contributed by atoms with Gasteiger partial charge in [-0.05, 0) is 0 Å². The molecule has 1 aromatic carbocycles. The van der Waals surface area contributed by atoms with E-state index in [1.54, 1.807) is 0 Å². The summed E-state index contributed by atoms with van der Waals surface area (Å²) in [6, 6.07) is 0.452. The van der Waals surface area contributed by atoms with Crippen LogP contribution < -0.4 is 4.74 Å². The average Bonchev–Trinajstić information content (AvgIpc) is 2.26. The molecule has 0 spiro atoms. The molecule has 0 N–H and O–H groups in total. The van der Waals surface area contributed by atoms with Gasteiger partial charge in [0.05, 0.1) is 9.82 Å². The van der Waals surface area contributed by atoms with Gasteiger partial charge in [0.1, 0.15) is 15.9 Å². The highest BCUT2D eigenvalue weighted by Crippen LogP contribution is 2.32. The second-order valence-corrected chi connectivity index (χ2v) is 4.43. The summed E-state index contributed by atoms with van der Waals surface area (Å²) in [6.07, 6.45) is 0.667. The predicted molar refractivity (Wildman–Crippen MR) is 56.8 cm³/mol. The summed E-state index contributed by atoms with van der Waals surface area (Å²) in [4.78, 5) is 19.0. The number of benzene rings is 1. The van der Waals surface area contributed by atoms with Gasteiger partial charge in [-0.1, -0.05) is 6.58 Å². The van der Waals surface area contributed by atoms with Crippen LogP contribution in [0, 0.1) is 15.9 Å². The number of hydrogen-bond donors (Lipinski definition) is 0. The quantitative estimate of drug-likeness (QED) is 0.200. The van der Waals surface area contributed by atoms with E-state index in [1.165, 1.54) is 0 Å². The predicted octanol–water partition coefficient (Wildman–Crippen LogP) is 0.729. The van der Waals surface area contributed by atoms with Gasteiger partial charge in [0.15, 0.2) is 0 Å². The Morgan fingerprint density at radius 2 is 2.05 bits per heavy atom.